The molecular weight excluding hydrogens is 518 g/mol. The molecule has 0 amide bonds. The van der Waals surface area contributed by atoms with E-state index in [-0.39, 0.29) is 34.3 Å². The van der Waals surface area contributed by atoms with Crippen LogP contribution in [-0.4, -0.2) is 31.0 Å². The van der Waals surface area contributed by atoms with E-state index in [1.165, 1.54) is 6.07 Å². The molecule has 0 saturated heterocycles. The largest absolute Gasteiger partial charge is 0.506 e. The zero-order valence-electron chi connectivity index (χ0n) is 21.8. The summed E-state index contributed by atoms with van der Waals surface area (Å²) in [5.41, 5.74) is 0.974. The maximum Gasteiger partial charge on any atom is 0.286 e. The highest BCUT2D eigenvalue weighted by Gasteiger charge is 2.29. The maximum atomic E-state index is 13.7. The number of amidine groups is 1. The number of hydrogen-bond acceptors (Lipinski definition) is 7. The van der Waals surface area contributed by atoms with Crippen molar-refractivity contribution in [2.75, 3.05) is 12.4 Å². The molecule has 9 nitrogen and oxygen atoms in total. The smallest absolute Gasteiger partial charge is 0.286 e. The molecule has 0 unspecified atom stereocenters. The second-order valence-electron chi connectivity index (χ2n) is 9.71. The highest BCUT2D eigenvalue weighted by atomic mass is 32.2. The van der Waals surface area contributed by atoms with Gasteiger partial charge in [-0.05, 0) is 60.4 Å². The number of ether oxygens (including phenoxy) is 2. The summed E-state index contributed by atoms with van der Waals surface area (Å²) >= 11 is 0. The number of methoxy groups -OCH3 is 1. The molecule has 0 fully saturated rings. The first kappa shape index (κ1) is 26.3. The van der Waals surface area contributed by atoms with Crippen LogP contribution in [0.15, 0.2) is 80.8 Å². The zero-order valence-corrected chi connectivity index (χ0v) is 22.7. The number of aromatic nitrogens is 1. The second kappa shape index (κ2) is 10.5. The third-order valence-electron chi connectivity index (χ3n) is 6.57. The van der Waals surface area contributed by atoms with E-state index < -0.39 is 15.6 Å². The standard InChI is InChI=1S/C29H29N3O6S/c1-18(2)14-15-32-24-13-12-21(38-17-19-8-10-20(37-3)11-9-19)16-22(24)27(33)26(29(32)34)28-30-23-6-4-5-7-25(23)39(35,36)31-28/h4-13,16,18,33H,14-15,17H2,1-3H3,(H,30,31). The van der Waals surface area contributed by atoms with E-state index in [2.05, 4.69) is 23.6 Å². The van der Waals surface area contributed by atoms with E-state index in [4.69, 9.17) is 9.47 Å². The van der Waals surface area contributed by atoms with Crippen LogP contribution in [-0.2, 0) is 23.2 Å². The van der Waals surface area contributed by atoms with Gasteiger partial charge in [-0.15, -0.1) is 4.40 Å². The molecule has 202 valence electrons. The third kappa shape index (κ3) is 5.20. The number of aromatic hydroxyl groups is 1. The number of fused-ring (bicyclic) bond motifs is 2. The Morgan fingerprint density at radius 2 is 1.74 bits per heavy atom. The van der Waals surface area contributed by atoms with Gasteiger partial charge in [-0.2, -0.15) is 8.42 Å². The molecule has 0 atom stereocenters. The van der Waals surface area contributed by atoms with Gasteiger partial charge in [0.25, 0.3) is 15.6 Å². The van der Waals surface area contributed by atoms with Crippen molar-refractivity contribution in [3.63, 3.8) is 0 Å². The van der Waals surface area contributed by atoms with Crippen LogP contribution < -0.4 is 20.3 Å². The molecule has 39 heavy (non-hydrogen) atoms. The van der Waals surface area contributed by atoms with Gasteiger partial charge < -0.3 is 24.5 Å². The third-order valence-corrected chi connectivity index (χ3v) is 7.91. The quantitative estimate of drug-likeness (QED) is 0.322. The number of nitrogens with one attached hydrogen (secondary N) is 1. The molecule has 3 aromatic carbocycles. The summed E-state index contributed by atoms with van der Waals surface area (Å²) in [6.45, 7) is 4.76. The van der Waals surface area contributed by atoms with Crippen molar-refractivity contribution in [1.82, 2.24) is 4.57 Å². The Labute approximate surface area is 226 Å². The number of sulfonamides is 1. The summed E-state index contributed by atoms with van der Waals surface area (Å²) in [5, 5.41) is 14.7. The summed E-state index contributed by atoms with van der Waals surface area (Å²) in [5.74, 6) is 0.941. The van der Waals surface area contributed by atoms with Crippen molar-refractivity contribution in [2.24, 2.45) is 10.3 Å². The lowest BCUT2D eigenvalue weighted by molar-refractivity contribution is 0.306. The van der Waals surface area contributed by atoms with Crippen LogP contribution in [0.2, 0.25) is 0 Å². The Morgan fingerprint density at radius 1 is 1.03 bits per heavy atom. The Hall–Kier alpha value is -4.31. The van der Waals surface area contributed by atoms with Crippen LogP contribution in [0.5, 0.6) is 17.2 Å². The van der Waals surface area contributed by atoms with Gasteiger partial charge in [-0.25, -0.2) is 0 Å². The topological polar surface area (TPSA) is 119 Å². The molecule has 0 saturated carbocycles. The molecule has 0 bridgehead atoms. The Balaban J connectivity index is 1.60. The predicted octanol–water partition coefficient (Wildman–Crippen LogP) is 4.90. The number of para-hydroxylation sites is 1. The van der Waals surface area contributed by atoms with Gasteiger partial charge in [0, 0.05) is 11.9 Å². The molecule has 2 heterocycles. The Morgan fingerprint density at radius 3 is 2.46 bits per heavy atom. The van der Waals surface area contributed by atoms with Crippen LogP contribution in [0, 0.1) is 5.92 Å². The molecule has 0 aliphatic carbocycles. The highest BCUT2D eigenvalue weighted by molar-refractivity contribution is 7.90. The van der Waals surface area contributed by atoms with Crippen LogP contribution in [0.4, 0.5) is 5.69 Å². The Bertz CT molecular complexity index is 1740. The summed E-state index contributed by atoms with van der Waals surface area (Å²) in [6, 6.07) is 18.9. The Kier molecular flexibility index (Phi) is 7.05. The lowest BCUT2D eigenvalue weighted by atomic mass is 10.1. The number of benzene rings is 3. The molecule has 1 aliphatic heterocycles. The van der Waals surface area contributed by atoms with Gasteiger partial charge in [-0.3, -0.25) is 4.79 Å². The predicted molar refractivity (Wildman–Crippen MR) is 150 cm³/mol. The van der Waals surface area contributed by atoms with Gasteiger partial charge >= 0.3 is 0 Å². The number of nitrogens with zero attached hydrogens (tertiary/aromatic N) is 2. The summed E-state index contributed by atoms with van der Waals surface area (Å²) < 4.78 is 42.4. The summed E-state index contributed by atoms with van der Waals surface area (Å²) in [6.07, 6.45) is 0.704. The van der Waals surface area contributed by atoms with Crippen LogP contribution in [0.1, 0.15) is 31.4 Å². The van der Waals surface area contributed by atoms with E-state index in [1.54, 1.807) is 48.1 Å². The maximum absolute atomic E-state index is 13.7. The van der Waals surface area contributed by atoms with Gasteiger partial charge in [0.1, 0.15) is 34.3 Å². The first-order valence-corrected chi connectivity index (χ1v) is 14.0. The van der Waals surface area contributed by atoms with Crippen molar-refractivity contribution in [3.8, 4) is 17.2 Å². The lowest BCUT2D eigenvalue weighted by Crippen LogP contribution is -2.33. The first-order chi connectivity index (χ1) is 18.7. The minimum absolute atomic E-state index is 0.00313. The van der Waals surface area contributed by atoms with E-state index in [0.717, 1.165) is 11.3 Å². The van der Waals surface area contributed by atoms with Gasteiger partial charge in [-0.1, -0.05) is 38.1 Å². The molecule has 2 N–H and O–H groups in total. The van der Waals surface area contributed by atoms with Gasteiger partial charge in [0.2, 0.25) is 0 Å². The van der Waals surface area contributed by atoms with Crippen LogP contribution in [0.3, 0.4) is 0 Å². The van der Waals surface area contributed by atoms with E-state index in [1.807, 2.05) is 24.3 Å². The fraction of sp³-hybridized carbons (Fsp3) is 0.241. The summed E-state index contributed by atoms with van der Waals surface area (Å²) in [7, 11) is -2.48. The van der Waals surface area contributed by atoms with Crippen molar-refractivity contribution < 1.29 is 23.0 Å². The average Bonchev–Trinajstić information content (AvgIpc) is 2.92. The molecule has 0 spiro atoms. The van der Waals surface area contributed by atoms with Crippen molar-refractivity contribution in [3.05, 3.63) is 88.2 Å². The van der Waals surface area contributed by atoms with Gasteiger partial charge in [0.05, 0.1) is 18.3 Å². The fourth-order valence-corrected chi connectivity index (χ4v) is 5.57. The van der Waals surface area contributed by atoms with Crippen molar-refractivity contribution in [1.29, 1.82) is 0 Å². The number of rotatable bonds is 8. The number of aryl methyl sites for hydroxylation is 1. The second-order valence-corrected chi connectivity index (χ2v) is 11.3. The van der Waals surface area contributed by atoms with Crippen LogP contribution >= 0.6 is 0 Å². The molecule has 1 aromatic heterocycles. The molecule has 1 aliphatic rings. The number of anilines is 1. The van der Waals surface area contributed by atoms with Crippen molar-refractivity contribution in [2.45, 2.75) is 38.3 Å². The minimum Gasteiger partial charge on any atom is -0.506 e. The van der Waals surface area contributed by atoms with E-state index in [0.29, 0.717) is 35.5 Å². The zero-order chi connectivity index (χ0) is 27.7. The van der Waals surface area contributed by atoms with E-state index in [9.17, 15) is 18.3 Å². The first-order valence-electron chi connectivity index (χ1n) is 12.5. The SMILES string of the molecule is COc1ccc(COc2ccc3c(c2)c(O)c(C2=NS(=O)(=O)c4ccccc4N2)c(=O)n3CCC(C)C)cc1. The highest BCUT2D eigenvalue weighted by Crippen LogP contribution is 2.34. The molecule has 0 radical (unpaired) electrons. The monoisotopic (exact) mass is 547 g/mol. The molecule has 10 heteroatoms. The number of hydrogen-bond donors (Lipinski definition) is 2. The minimum atomic E-state index is -4.08. The fourth-order valence-electron chi connectivity index (χ4n) is 4.44. The van der Waals surface area contributed by atoms with E-state index >= 15 is 0 Å². The van der Waals surface area contributed by atoms with Crippen LogP contribution in [0.25, 0.3) is 10.9 Å². The molecular formula is C29H29N3O6S. The lowest BCUT2D eigenvalue weighted by Gasteiger charge is -2.21. The average molecular weight is 548 g/mol. The summed E-state index contributed by atoms with van der Waals surface area (Å²) in [4.78, 5) is 13.7. The molecule has 5 rings (SSSR count). The molecule has 4 aromatic rings. The van der Waals surface area contributed by atoms with Crippen molar-refractivity contribution >= 4 is 32.4 Å². The number of pyridine rings is 1. The normalized spacial score (nSPS) is 14.0. The van der Waals surface area contributed by atoms with Gasteiger partial charge in [0.15, 0.2) is 5.84 Å².